The van der Waals surface area contributed by atoms with Crippen molar-refractivity contribution in [3.63, 3.8) is 0 Å². The van der Waals surface area contributed by atoms with E-state index in [1.54, 1.807) is 12.4 Å². The topological polar surface area (TPSA) is 51.8 Å². The summed E-state index contributed by atoms with van der Waals surface area (Å²) in [6.45, 7) is 1.97. The standard InChI is InChI=1S/C10H10ClN3O/c1-2-8(11)9-13-10(15-14-9)7-3-5-12-6-4-7/h3-6,8H,2H2,1H3. The third kappa shape index (κ3) is 2.15. The molecule has 0 aliphatic heterocycles. The molecule has 0 fully saturated rings. The average molecular weight is 224 g/mol. The van der Waals surface area contributed by atoms with Crippen LogP contribution in [0.5, 0.6) is 0 Å². The van der Waals surface area contributed by atoms with Crippen LogP contribution in [0.2, 0.25) is 0 Å². The van der Waals surface area contributed by atoms with Crippen molar-refractivity contribution in [2.45, 2.75) is 18.7 Å². The maximum absolute atomic E-state index is 5.99. The molecule has 78 valence electrons. The van der Waals surface area contributed by atoms with Crippen LogP contribution in [0.25, 0.3) is 11.5 Å². The largest absolute Gasteiger partial charge is 0.334 e. The number of alkyl halides is 1. The Hall–Kier alpha value is -1.42. The maximum Gasteiger partial charge on any atom is 0.258 e. The number of halogens is 1. The highest BCUT2D eigenvalue weighted by molar-refractivity contribution is 6.20. The first kappa shape index (κ1) is 10.1. The smallest absolute Gasteiger partial charge is 0.258 e. The van der Waals surface area contributed by atoms with E-state index in [0.29, 0.717) is 11.7 Å². The van der Waals surface area contributed by atoms with Crippen LogP contribution in [0.4, 0.5) is 0 Å². The number of hydrogen-bond donors (Lipinski definition) is 0. The van der Waals surface area contributed by atoms with Crippen LogP contribution in [0.15, 0.2) is 29.0 Å². The summed E-state index contributed by atoms with van der Waals surface area (Å²) >= 11 is 5.99. The molecule has 4 nitrogen and oxygen atoms in total. The van der Waals surface area contributed by atoms with Crippen LogP contribution < -0.4 is 0 Å². The average Bonchev–Trinajstić information content (AvgIpc) is 2.78. The van der Waals surface area contributed by atoms with Gasteiger partial charge in [-0.2, -0.15) is 4.98 Å². The van der Waals surface area contributed by atoms with Gasteiger partial charge in [0.05, 0.1) is 5.38 Å². The first-order chi connectivity index (χ1) is 7.31. The normalized spacial score (nSPS) is 12.7. The van der Waals surface area contributed by atoms with Gasteiger partial charge in [-0.25, -0.2) is 0 Å². The third-order valence-corrected chi connectivity index (χ3v) is 2.51. The molecule has 15 heavy (non-hydrogen) atoms. The molecular weight excluding hydrogens is 214 g/mol. The van der Waals surface area contributed by atoms with Crippen molar-refractivity contribution < 1.29 is 4.52 Å². The lowest BCUT2D eigenvalue weighted by Gasteiger charge is -1.96. The maximum atomic E-state index is 5.99. The van der Waals surface area contributed by atoms with Crippen molar-refractivity contribution in [2.75, 3.05) is 0 Å². The number of pyridine rings is 1. The van der Waals surface area contributed by atoms with Crippen LogP contribution in [-0.4, -0.2) is 15.1 Å². The van der Waals surface area contributed by atoms with Gasteiger partial charge in [-0.15, -0.1) is 11.6 Å². The first-order valence-electron chi connectivity index (χ1n) is 4.69. The van der Waals surface area contributed by atoms with Crippen molar-refractivity contribution >= 4 is 11.6 Å². The van der Waals surface area contributed by atoms with Gasteiger partial charge in [0.1, 0.15) is 0 Å². The Morgan fingerprint density at radius 2 is 2.13 bits per heavy atom. The summed E-state index contributed by atoms with van der Waals surface area (Å²) in [7, 11) is 0. The van der Waals surface area contributed by atoms with Crippen molar-refractivity contribution in [3.05, 3.63) is 30.4 Å². The van der Waals surface area contributed by atoms with Gasteiger partial charge < -0.3 is 4.52 Å². The van der Waals surface area contributed by atoms with E-state index >= 15 is 0 Å². The van der Waals surface area contributed by atoms with Gasteiger partial charge in [0, 0.05) is 18.0 Å². The van der Waals surface area contributed by atoms with Gasteiger partial charge in [-0.1, -0.05) is 12.1 Å². The van der Waals surface area contributed by atoms with Gasteiger partial charge in [0.15, 0.2) is 5.82 Å². The zero-order valence-corrected chi connectivity index (χ0v) is 8.98. The summed E-state index contributed by atoms with van der Waals surface area (Å²) in [5, 5.41) is 3.63. The molecule has 2 aromatic heterocycles. The zero-order valence-electron chi connectivity index (χ0n) is 8.22. The molecule has 2 aromatic rings. The predicted molar refractivity (Wildman–Crippen MR) is 56.4 cm³/mol. The fourth-order valence-corrected chi connectivity index (χ4v) is 1.25. The lowest BCUT2D eigenvalue weighted by atomic mass is 10.3. The first-order valence-corrected chi connectivity index (χ1v) is 5.13. The number of rotatable bonds is 3. The minimum Gasteiger partial charge on any atom is -0.334 e. The van der Waals surface area contributed by atoms with E-state index in [1.807, 2.05) is 19.1 Å². The monoisotopic (exact) mass is 223 g/mol. The molecule has 2 heterocycles. The van der Waals surface area contributed by atoms with E-state index in [-0.39, 0.29) is 5.38 Å². The Labute approximate surface area is 92.3 Å². The van der Waals surface area contributed by atoms with Gasteiger partial charge in [0.2, 0.25) is 0 Å². The van der Waals surface area contributed by atoms with Gasteiger partial charge >= 0.3 is 0 Å². The third-order valence-electron chi connectivity index (χ3n) is 2.01. The Morgan fingerprint density at radius 3 is 2.80 bits per heavy atom. The fraction of sp³-hybridized carbons (Fsp3) is 0.300. The van der Waals surface area contributed by atoms with E-state index in [9.17, 15) is 0 Å². The summed E-state index contributed by atoms with van der Waals surface area (Å²) in [6, 6.07) is 3.62. The quantitative estimate of drug-likeness (QED) is 0.751. The fourth-order valence-electron chi connectivity index (χ4n) is 1.16. The predicted octanol–water partition coefficient (Wildman–Crippen LogP) is 2.82. The number of nitrogens with zero attached hydrogens (tertiary/aromatic N) is 3. The van der Waals surface area contributed by atoms with E-state index in [4.69, 9.17) is 16.1 Å². The Balaban J connectivity index is 2.28. The molecule has 0 bridgehead atoms. The molecule has 0 amide bonds. The number of aromatic nitrogens is 3. The summed E-state index contributed by atoms with van der Waals surface area (Å²) in [4.78, 5) is 8.13. The van der Waals surface area contributed by atoms with Gasteiger partial charge in [0.25, 0.3) is 5.89 Å². The molecule has 0 saturated carbocycles. The van der Waals surface area contributed by atoms with Crippen LogP contribution in [0, 0.1) is 0 Å². The molecule has 1 unspecified atom stereocenters. The molecule has 0 aliphatic carbocycles. The summed E-state index contributed by atoms with van der Waals surface area (Å²) in [6.07, 6.45) is 4.13. The molecule has 0 N–H and O–H groups in total. The minimum absolute atomic E-state index is 0.190. The molecule has 1 atom stereocenters. The van der Waals surface area contributed by atoms with Crippen molar-refractivity contribution in [1.29, 1.82) is 0 Å². The highest BCUT2D eigenvalue weighted by atomic mass is 35.5. The highest BCUT2D eigenvalue weighted by Crippen LogP contribution is 2.23. The highest BCUT2D eigenvalue weighted by Gasteiger charge is 2.14. The Morgan fingerprint density at radius 1 is 1.40 bits per heavy atom. The van der Waals surface area contributed by atoms with E-state index in [2.05, 4.69) is 15.1 Å². The molecule has 0 aromatic carbocycles. The zero-order chi connectivity index (χ0) is 10.7. The summed E-state index contributed by atoms with van der Waals surface area (Å²) in [5.74, 6) is 1.01. The van der Waals surface area contributed by atoms with Gasteiger partial charge in [-0.3, -0.25) is 4.98 Å². The van der Waals surface area contributed by atoms with Crippen molar-refractivity contribution in [1.82, 2.24) is 15.1 Å². The Kier molecular flexibility index (Phi) is 2.97. The Bertz CT molecular complexity index is 429. The second kappa shape index (κ2) is 4.40. The molecule has 5 heteroatoms. The van der Waals surface area contributed by atoms with Crippen LogP contribution >= 0.6 is 11.6 Å². The number of hydrogen-bond acceptors (Lipinski definition) is 4. The second-order valence-corrected chi connectivity index (χ2v) is 3.60. The van der Waals surface area contributed by atoms with Crippen LogP contribution in [-0.2, 0) is 0 Å². The molecule has 0 radical (unpaired) electrons. The van der Waals surface area contributed by atoms with E-state index in [1.165, 1.54) is 0 Å². The van der Waals surface area contributed by atoms with E-state index in [0.717, 1.165) is 12.0 Å². The van der Waals surface area contributed by atoms with Crippen LogP contribution in [0.3, 0.4) is 0 Å². The lowest BCUT2D eigenvalue weighted by Crippen LogP contribution is -1.90. The summed E-state index contributed by atoms with van der Waals surface area (Å²) in [5.41, 5.74) is 0.851. The lowest BCUT2D eigenvalue weighted by molar-refractivity contribution is 0.421. The summed E-state index contributed by atoms with van der Waals surface area (Å²) < 4.78 is 5.10. The SMILES string of the molecule is CCC(Cl)c1noc(-c2ccncc2)n1. The minimum atomic E-state index is -0.190. The van der Waals surface area contributed by atoms with Gasteiger partial charge in [-0.05, 0) is 18.6 Å². The van der Waals surface area contributed by atoms with Crippen molar-refractivity contribution in [2.24, 2.45) is 0 Å². The van der Waals surface area contributed by atoms with E-state index < -0.39 is 0 Å². The molecular formula is C10H10ClN3O. The van der Waals surface area contributed by atoms with Crippen LogP contribution in [0.1, 0.15) is 24.5 Å². The molecule has 0 spiro atoms. The molecule has 2 rings (SSSR count). The second-order valence-electron chi connectivity index (χ2n) is 3.07. The molecule has 0 aliphatic rings. The molecule has 0 saturated heterocycles. The van der Waals surface area contributed by atoms with Crippen molar-refractivity contribution in [3.8, 4) is 11.5 Å².